The highest BCUT2D eigenvalue weighted by atomic mass is 19.1. The average Bonchev–Trinajstić information content (AvgIpc) is 3.02. The fourth-order valence-electron chi connectivity index (χ4n) is 2.59. The van der Waals surface area contributed by atoms with Gasteiger partial charge in [0.15, 0.2) is 0 Å². The molecule has 0 aliphatic heterocycles. The zero-order valence-corrected chi connectivity index (χ0v) is 14.1. The molecule has 2 atom stereocenters. The number of nitrogens with zero attached hydrogens (tertiary/aromatic N) is 2. The van der Waals surface area contributed by atoms with Gasteiger partial charge in [0.2, 0.25) is 11.7 Å². The number of hydrogen-bond donors (Lipinski definition) is 4. The van der Waals surface area contributed by atoms with Gasteiger partial charge in [0.1, 0.15) is 18.0 Å². The zero-order valence-electron chi connectivity index (χ0n) is 14.1. The molecule has 2 unspecified atom stereocenters. The van der Waals surface area contributed by atoms with E-state index in [-0.39, 0.29) is 24.8 Å². The van der Waals surface area contributed by atoms with Gasteiger partial charge in [-0.25, -0.2) is 9.18 Å². The molecule has 2 rings (SSSR count). The number of aliphatic carboxylic acids is 1. The molecule has 4 N–H and O–H groups in total. The molecule has 0 aliphatic rings. The van der Waals surface area contributed by atoms with Gasteiger partial charge in [-0.3, -0.25) is 9.59 Å². The lowest BCUT2D eigenvalue weighted by Crippen LogP contribution is -2.46. The lowest BCUT2D eigenvalue weighted by molar-refractivity contribution is -0.143. The Labute approximate surface area is 152 Å². The van der Waals surface area contributed by atoms with Crippen LogP contribution in [0, 0.1) is 5.82 Å². The number of aromatic amines is 1. The molecule has 0 saturated carbocycles. The van der Waals surface area contributed by atoms with E-state index in [0.29, 0.717) is 17.2 Å². The Kier molecular flexibility index (Phi) is 6.53. The smallest absolute Gasteiger partial charge is 0.326 e. The van der Waals surface area contributed by atoms with Crippen LogP contribution in [0.4, 0.5) is 4.39 Å². The molecule has 142 valence electrons. The molecule has 1 heterocycles. The summed E-state index contributed by atoms with van der Waals surface area (Å²) in [6.07, 6.45) is -0.130. The van der Waals surface area contributed by atoms with Crippen molar-refractivity contribution in [3.8, 4) is 0 Å². The predicted octanol–water partition coefficient (Wildman–Crippen LogP) is 0.430. The van der Waals surface area contributed by atoms with Gasteiger partial charge >= 0.3 is 12.2 Å². The minimum absolute atomic E-state index is 0.155. The molecule has 10 heteroatoms. The van der Waals surface area contributed by atoms with Crippen molar-refractivity contribution in [3.05, 3.63) is 41.3 Å². The molecule has 2 aromatic rings. The van der Waals surface area contributed by atoms with Gasteiger partial charge in [0, 0.05) is 24.4 Å². The second-order valence-electron chi connectivity index (χ2n) is 5.85. The maximum absolute atomic E-state index is 13.7. The van der Waals surface area contributed by atoms with Crippen LogP contribution in [-0.4, -0.2) is 56.0 Å². The molecule has 1 aromatic heterocycles. The number of aliphatic hydroxyl groups is 1. The van der Waals surface area contributed by atoms with Gasteiger partial charge in [-0.1, -0.05) is 12.1 Å². The van der Waals surface area contributed by atoms with E-state index in [1.807, 2.05) is 0 Å². The number of carbonyl (C=O) groups excluding carboxylic acids is 2. The van der Waals surface area contributed by atoms with Crippen LogP contribution >= 0.6 is 0 Å². The molecule has 1 amide bonds. The first-order chi connectivity index (χ1) is 12.8. The topological polar surface area (TPSA) is 156 Å². The van der Waals surface area contributed by atoms with E-state index in [0.717, 1.165) is 0 Å². The number of H-pyrrole nitrogens is 1. The molecule has 0 fully saturated rings. The van der Waals surface area contributed by atoms with Crippen LogP contribution in [-0.2, 0) is 20.8 Å². The van der Waals surface area contributed by atoms with Crippen LogP contribution < -0.4 is 5.32 Å². The molecule has 0 aliphatic carbocycles. The van der Waals surface area contributed by atoms with E-state index in [9.17, 15) is 23.9 Å². The molecule has 0 saturated heterocycles. The standard InChI is InChI=1S/C17H17FN4O5/c18-12-3-1-2-11-9(7-20-15(11)12)6-14(24)16(25)22-13(17(26)27)5-4-10(23)8-21-19/h1-3,7-8,13-14,20,24H,4-6H2,(H,22,25)(H,26,27). The Morgan fingerprint density at radius 1 is 1.37 bits per heavy atom. The molecule has 1 aromatic carbocycles. The van der Waals surface area contributed by atoms with Crippen molar-refractivity contribution in [1.82, 2.24) is 10.3 Å². The fourth-order valence-corrected chi connectivity index (χ4v) is 2.59. The number of aromatic nitrogens is 1. The van der Waals surface area contributed by atoms with Crippen LogP contribution in [0.3, 0.4) is 0 Å². The number of amides is 1. The number of fused-ring (bicyclic) bond motifs is 1. The van der Waals surface area contributed by atoms with Crippen LogP contribution in [0.1, 0.15) is 18.4 Å². The van der Waals surface area contributed by atoms with Crippen LogP contribution in [0.15, 0.2) is 24.4 Å². The number of carbonyl (C=O) groups is 3. The summed E-state index contributed by atoms with van der Waals surface area (Å²) in [5, 5.41) is 21.9. The molecular weight excluding hydrogens is 359 g/mol. The molecule has 27 heavy (non-hydrogen) atoms. The Morgan fingerprint density at radius 2 is 2.11 bits per heavy atom. The largest absolute Gasteiger partial charge is 0.480 e. The van der Waals surface area contributed by atoms with Crippen LogP contribution in [0.2, 0.25) is 0 Å². The first-order valence-corrected chi connectivity index (χ1v) is 7.99. The number of Topliss-reactive ketones (excluding diaryl/α,β-unsaturated/α-hetero) is 1. The highest BCUT2D eigenvalue weighted by Crippen LogP contribution is 2.22. The summed E-state index contributed by atoms with van der Waals surface area (Å²) in [4.78, 5) is 39.8. The number of hydrogen-bond acceptors (Lipinski definition) is 4. The zero-order chi connectivity index (χ0) is 20.0. The van der Waals surface area contributed by atoms with Crippen molar-refractivity contribution < 1.29 is 33.8 Å². The highest BCUT2D eigenvalue weighted by molar-refractivity contribution is 6.25. The lowest BCUT2D eigenvalue weighted by atomic mass is 10.0. The summed E-state index contributed by atoms with van der Waals surface area (Å²) < 4.78 is 13.7. The SMILES string of the molecule is [N-]=[N+]=CC(=O)CCC(NC(=O)C(O)Cc1c[nH]c2c(F)cccc12)C(=O)O. The molecule has 9 nitrogen and oxygen atoms in total. The number of ketones is 1. The first kappa shape index (κ1) is 20.0. The van der Waals surface area contributed by atoms with Crippen molar-refractivity contribution in [1.29, 1.82) is 0 Å². The van der Waals surface area contributed by atoms with Crippen molar-refractivity contribution in [2.45, 2.75) is 31.4 Å². The second kappa shape index (κ2) is 8.84. The Balaban J connectivity index is 2.02. The summed E-state index contributed by atoms with van der Waals surface area (Å²) >= 11 is 0. The number of halogens is 1. The Bertz CT molecular complexity index is 919. The summed E-state index contributed by atoms with van der Waals surface area (Å²) in [7, 11) is 0. The Morgan fingerprint density at radius 3 is 2.78 bits per heavy atom. The third-order valence-corrected chi connectivity index (χ3v) is 3.96. The van der Waals surface area contributed by atoms with E-state index in [1.54, 1.807) is 6.07 Å². The number of benzene rings is 1. The third-order valence-electron chi connectivity index (χ3n) is 3.96. The minimum atomic E-state index is -1.57. The minimum Gasteiger partial charge on any atom is -0.480 e. The van der Waals surface area contributed by atoms with Crippen LogP contribution in [0.25, 0.3) is 16.4 Å². The van der Waals surface area contributed by atoms with Crippen molar-refractivity contribution >= 4 is 34.8 Å². The van der Waals surface area contributed by atoms with Gasteiger partial charge < -0.3 is 26.0 Å². The monoisotopic (exact) mass is 376 g/mol. The summed E-state index contributed by atoms with van der Waals surface area (Å²) in [6, 6.07) is 2.99. The van der Waals surface area contributed by atoms with Crippen LogP contribution in [0.5, 0.6) is 0 Å². The first-order valence-electron chi connectivity index (χ1n) is 7.99. The number of carboxylic acid groups (broad SMARTS) is 1. The van der Waals surface area contributed by atoms with E-state index < -0.39 is 35.6 Å². The quantitative estimate of drug-likeness (QED) is 0.284. The normalized spacial score (nSPS) is 12.8. The Hall–Kier alpha value is -3.36. The second-order valence-corrected chi connectivity index (χ2v) is 5.85. The van der Waals surface area contributed by atoms with Gasteiger partial charge in [0.05, 0.1) is 5.52 Å². The average molecular weight is 376 g/mol. The van der Waals surface area contributed by atoms with E-state index in [1.165, 1.54) is 18.3 Å². The number of para-hydroxylation sites is 1. The summed E-state index contributed by atoms with van der Waals surface area (Å²) in [5.74, 6) is -3.39. The lowest BCUT2D eigenvalue weighted by Gasteiger charge is -2.16. The molecule has 0 radical (unpaired) electrons. The predicted molar refractivity (Wildman–Crippen MR) is 91.5 cm³/mol. The van der Waals surface area contributed by atoms with E-state index >= 15 is 0 Å². The number of rotatable bonds is 9. The highest BCUT2D eigenvalue weighted by Gasteiger charge is 2.25. The van der Waals surface area contributed by atoms with Gasteiger partial charge in [0.25, 0.3) is 0 Å². The molecular formula is C17H17FN4O5. The maximum atomic E-state index is 13.7. The number of nitrogens with one attached hydrogen (secondary N) is 2. The summed E-state index contributed by atoms with van der Waals surface area (Å²) in [5.41, 5.74) is 8.98. The molecule has 0 bridgehead atoms. The van der Waals surface area contributed by atoms with Crippen molar-refractivity contribution in [2.75, 3.05) is 0 Å². The number of aliphatic hydroxyl groups excluding tert-OH is 1. The maximum Gasteiger partial charge on any atom is 0.326 e. The van der Waals surface area contributed by atoms with E-state index in [2.05, 4.69) is 15.1 Å². The number of carboxylic acids is 1. The third kappa shape index (κ3) is 5.06. The van der Waals surface area contributed by atoms with Gasteiger partial charge in [-0.05, 0) is 18.1 Å². The van der Waals surface area contributed by atoms with Gasteiger partial charge in [-0.15, -0.1) is 0 Å². The van der Waals surface area contributed by atoms with Crippen molar-refractivity contribution in [2.24, 2.45) is 0 Å². The summed E-state index contributed by atoms with van der Waals surface area (Å²) in [6.45, 7) is 0. The molecule has 0 spiro atoms. The van der Waals surface area contributed by atoms with Gasteiger partial charge in [-0.2, -0.15) is 4.79 Å². The fraction of sp³-hybridized carbons (Fsp3) is 0.294. The van der Waals surface area contributed by atoms with E-state index in [4.69, 9.17) is 10.6 Å². The van der Waals surface area contributed by atoms with Crippen molar-refractivity contribution in [3.63, 3.8) is 0 Å².